The number of rotatable bonds is 6. The number of nitrogens with two attached hydrogens (primary N) is 1. The molecule has 0 amide bonds. The summed E-state index contributed by atoms with van der Waals surface area (Å²) in [5.41, 5.74) is 6.28. The molecule has 2 aromatic rings. The van der Waals surface area contributed by atoms with Gasteiger partial charge in [0.2, 0.25) is 11.7 Å². The van der Waals surface area contributed by atoms with Crippen LogP contribution in [0.25, 0.3) is 0 Å². The molecule has 2 rings (SSSR count). The third kappa shape index (κ3) is 3.54. The minimum Gasteiger partial charge on any atom is -0.482 e. The average molecular weight is 279 g/mol. The maximum atomic E-state index is 13.8. The van der Waals surface area contributed by atoms with Crippen molar-refractivity contribution in [3.05, 3.63) is 41.3 Å². The van der Waals surface area contributed by atoms with Crippen molar-refractivity contribution < 1.29 is 13.7 Å². The highest BCUT2D eigenvalue weighted by Gasteiger charge is 2.11. The third-order valence-electron chi connectivity index (χ3n) is 2.76. The molecule has 5 nitrogen and oxygen atoms in total. The summed E-state index contributed by atoms with van der Waals surface area (Å²) in [6, 6.07) is 4.81. The molecule has 0 aliphatic rings. The van der Waals surface area contributed by atoms with Gasteiger partial charge in [0, 0.05) is 5.92 Å². The molecule has 0 aliphatic heterocycles. The van der Waals surface area contributed by atoms with Gasteiger partial charge in [-0.15, -0.1) is 0 Å². The highest BCUT2D eigenvalue weighted by molar-refractivity contribution is 5.29. The Hall–Kier alpha value is -1.95. The summed E-state index contributed by atoms with van der Waals surface area (Å²) in [4.78, 5) is 4.16. The van der Waals surface area contributed by atoms with Gasteiger partial charge in [-0.3, -0.25) is 0 Å². The molecule has 20 heavy (non-hydrogen) atoms. The van der Waals surface area contributed by atoms with E-state index in [1.54, 1.807) is 12.1 Å². The van der Waals surface area contributed by atoms with E-state index in [9.17, 15) is 4.39 Å². The Morgan fingerprint density at radius 1 is 1.40 bits per heavy atom. The topological polar surface area (TPSA) is 74.2 Å². The van der Waals surface area contributed by atoms with E-state index in [0.29, 0.717) is 24.7 Å². The van der Waals surface area contributed by atoms with Crippen LogP contribution in [0.4, 0.5) is 4.39 Å². The number of ether oxygens (including phenoxy) is 1. The number of aromatic nitrogens is 2. The molecule has 0 atom stereocenters. The largest absolute Gasteiger partial charge is 0.482 e. The first kappa shape index (κ1) is 14.5. The molecule has 0 aliphatic carbocycles. The van der Waals surface area contributed by atoms with Crippen LogP contribution >= 0.6 is 0 Å². The first-order valence-corrected chi connectivity index (χ1v) is 6.54. The van der Waals surface area contributed by atoms with Crippen LogP contribution < -0.4 is 10.5 Å². The molecule has 1 heterocycles. The van der Waals surface area contributed by atoms with Gasteiger partial charge < -0.3 is 15.0 Å². The Kier molecular flexibility index (Phi) is 4.68. The van der Waals surface area contributed by atoms with Crippen molar-refractivity contribution in [3.63, 3.8) is 0 Å². The van der Waals surface area contributed by atoms with Crippen molar-refractivity contribution in [2.75, 3.05) is 6.54 Å². The van der Waals surface area contributed by atoms with Gasteiger partial charge in [0.15, 0.2) is 18.2 Å². The maximum absolute atomic E-state index is 13.8. The SMILES string of the molecule is CC(C)c1nc(COc2ccc(CCN)cc2F)no1. The van der Waals surface area contributed by atoms with Gasteiger partial charge >= 0.3 is 0 Å². The number of hydrogen-bond acceptors (Lipinski definition) is 5. The van der Waals surface area contributed by atoms with Crippen LogP contribution in [0.2, 0.25) is 0 Å². The molecular formula is C14H18FN3O2. The third-order valence-corrected chi connectivity index (χ3v) is 2.76. The normalized spacial score (nSPS) is 11.1. The van der Waals surface area contributed by atoms with Crippen LogP contribution in [-0.4, -0.2) is 16.7 Å². The lowest BCUT2D eigenvalue weighted by Crippen LogP contribution is -2.04. The summed E-state index contributed by atoms with van der Waals surface area (Å²) in [7, 11) is 0. The summed E-state index contributed by atoms with van der Waals surface area (Å²) in [5, 5.41) is 3.78. The molecule has 0 radical (unpaired) electrons. The van der Waals surface area contributed by atoms with Crippen molar-refractivity contribution >= 4 is 0 Å². The van der Waals surface area contributed by atoms with Gasteiger partial charge in [-0.2, -0.15) is 4.98 Å². The van der Waals surface area contributed by atoms with Gasteiger partial charge in [-0.05, 0) is 30.7 Å². The van der Waals surface area contributed by atoms with Crippen molar-refractivity contribution in [2.24, 2.45) is 5.73 Å². The van der Waals surface area contributed by atoms with Crippen molar-refractivity contribution in [2.45, 2.75) is 32.8 Å². The fourth-order valence-corrected chi connectivity index (χ4v) is 1.69. The highest BCUT2D eigenvalue weighted by atomic mass is 19.1. The molecule has 0 saturated heterocycles. The second-order valence-corrected chi connectivity index (χ2v) is 4.80. The van der Waals surface area contributed by atoms with E-state index < -0.39 is 5.82 Å². The molecule has 0 saturated carbocycles. The van der Waals surface area contributed by atoms with Crippen LogP contribution in [0, 0.1) is 5.82 Å². The number of halogens is 1. The van der Waals surface area contributed by atoms with Crippen LogP contribution in [0.3, 0.4) is 0 Å². The zero-order valence-electron chi connectivity index (χ0n) is 11.6. The summed E-state index contributed by atoms with van der Waals surface area (Å²) < 4.78 is 24.2. The lowest BCUT2D eigenvalue weighted by atomic mass is 10.1. The molecule has 0 spiro atoms. The summed E-state index contributed by atoms with van der Waals surface area (Å²) in [6.07, 6.45) is 0.639. The van der Waals surface area contributed by atoms with E-state index in [0.717, 1.165) is 5.56 Å². The second kappa shape index (κ2) is 6.47. The Bertz CT molecular complexity index is 569. The van der Waals surface area contributed by atoms with E-state index >= 15 is 0 Å². The van der Waals surface area contributed by atoms with Gasteiger partial charge in [0.25, 0.3) is 0 Å². The Labute approximate surface area is 116 Å². The van der Waals surface area contributed by atoms with Gasteiger partial charge in [0.05, 0.1) is 0 Å². The number of nitrogens with zero attached hydrogens (tertiary/aromatic N) is 2. The smallest absolute Gasteiger partial charge is 0.229 e. The minimum atomic E-state index is -0.413. The first-order valence-electron chi connectivity index (χ1n) is 6.54. The summed E-state index contributed by atoms with van der Waals surface area (Å²) in [5.74, 6) is 0.857. The molecule has 1 aromatic heterocycles. The highest BCUT2D eigenvalue weighted by Crippen LogP contribution is 2.20. The average Bonchev–Trinajstić information content (AvgIpc) is 2.87. The lowest BCUT2D eigenvalue weighted by Gasteiger charge is -2.06. The Balaban J connectivity index is 1.99. The van der Waals surface area contributed by atoms with E-state index in [4.69, 9.17) is 15.0 Å². The van der Waals surface area contributed by atoms with Crippen LogP contribution in [-0.2, 0) is 13.0 Å². The van der Waals surface area contributed by atoms with Gasteiger partial charge in [-0.1, -0.05) is 25.1 Å². The van der Waals surface area contributed by atoms with Crippen LogP contribution in [0.5, 0.6) is 5.75 Å². The predicted molar refractivity (Wildman–Crippen MR) is 71.9 cm³/mol. The maximum Gasteiger partial charge on any atom is 0.229 e. The Morgan fingerprint density at radius 3 is 2.80 bits per heavy atom. The van der Waals surface area contributed by atoms with Crippen LogP contribution in [0.1, 0.15) is 37.0 Å². The standard InChI is InChI=1S/C14H18FN3O2/c1-9(2)14-17-13(18-20-14)8-19-12-4-3-10(5-6-16)7-11(12)15/h3-4,7,9H,5-6,8,16H2,1-2H3. The number of benzene rings is 1. The Morgan fingerprint density at radius 2 is 2.20 bits per heavy atom. The van der Waals surface area contributed by atoms with Crippen molar-refractivity contribution in [1.82, 2.24) is 10.1 Å². The molecule has 0 unspecified atom stereocenters. The molecule has 108 valence electrons. The molecule has 0 fully saturated rings. The summed E-state index contributed by atoms with van der Waals surface area (Å²) in [6.45, 7) is 4.46. The predicted octanol–water partition coefficient (Wildman–Crippen LogP) is 2.41. The molecular weight excluding hydrogens is 261 g/mol. The van der Waals surface area contributed by atoms with Crippen molar-refractivity contribution in [3.8, 4) is 5.75 Å². The molecule has 6 heteroatoms. The van der Waals surface area contributed by atoms with E-state index in [-0.39, 0.29) is 18.3 Å². The lowest BCUT2D eigenvalue weighted by molar-refractivity contribution is 0.272. The fourth-order valence-electron chi connectivity index (χ4n) is 1.69. The van der Waals surface area contributed by atoms with E-state index in [2.05, 4.69) is 10.1 Å². The zero-order chi connectivity index (χ0) is 14.5. The summed E-state index contributed by atoms with van der Waals surface area (Å²) >= 11 is 0. The molecule has 1 aromatic carbocycles. The minimum absolute atomic E-state index is 0.0728. The molecule has 2 N–H and O–H groups in total. The van der Waals surface area contributed by atoms with Gasteiger partial charge in [-0.25, -0.2) is 4.39 Å². The monoisotopic (exact) mass is 279 g/mol. The number of hydrogen-bond donors (Lipinski definition) is 1. The quantitative estimate of drug-likeness (QED) is 0.879. The van der Waals surface area contributed by atoms with E-state index in [1.165, 1.54) is 6.07 Å². The van der Waals surface area contributed by atoms with Crippen molar-refractivity contribution in [1.29, 1.82) is 0 Å². The second-order valence-electron chi connectivity index (χ2n) is 4.80. The first-order chi connectivity index (χ1) is 9.60. The molecule has 0 bridgehead atoms. The van der Waals surface area contributed by atoms with Crippen LogP contribution in [0.15, 0.2) is 22.7 Å². The zero-order valence-corrected chi connectivity index (χ0v) is 11.6. The van der Waals surface area contributed by atoms with Gasteiger partial charge in [0.1, 0.15) is 0 Å². The van der Waals surface area contributed by atoms with E-state index in [1.807, 2.05) is 13.8 Å². The fraction of sp³-hybridized carbons (Fsp3) is 0.429.